The van der Waals surface area contributed by atoms with Gasteiger partial charge in [0.25, 0.3) is 0 Å². The van der Waals surface area contributed by atoms with Crippen molar-refractivity contribution in [2.45, 2.75) is 32.6 Å². The summed E-state index contributed by atoms with van der Waals surface area (Å²) < 4.78 is 0. The van der Waals surface area contributed by atoms with Gasteiger partial charge in [-0.1, -0.05) is 60.2 Å². The molecule has 0 amide bonds. The molecule has 0 saturated heterocycles. The van der Waals surface area contributed by atoms with Crippen molar-refractivity contribution in [1.82, 2.24) is 5.32 Å². The van der Waals surface area contributed by atoms with Gasteiger partial charge in [-0.25, -0.2) is 0 Å². The van der Waals surface area contributed by atoms with E-state index in [1.807, 2.05) is 0 Å². The van der Waals surface area contributed by atoms with Crippen molar-refractivity contribution < 1.29 is 0 Å². The highest BCUT2D eigenvalue weighted by molar-refractivity contribution is 5.21. The first-order valence-corrected chi connectivity index (χ1v) is 8.02. The smallest absolute Gasteiger partial charge is 0.00203 e. The second kappa shape index (κ2) is 8.63. The molecule has 2 rings (SSSR count). The normalized spacial score (nSPS) is 12.3. The number of nitrogens with one attached hydrogen (secondary N) is 1. The number of hydrogen-bond donors (Lipinski definition) is 1. The van der Waals surface area contributed by atoms with E-state index in [1.165, 1.54) is 42.4 Å². The summed E-state index contributed by atoms with van der Waals surface area (Å²) in [5.74, 6) is 0.724. The van der Waals surface area contributed by atoms with E-state index in [0.29, 0.717) is 0 Å². The van der Waals surface area contributed by atoms with Gasteiger partial charge in [0.05, 0.1) is 0 Å². The summed E-state index contributed by atoms with van der Waals surface area (Å²) >= 11 is 0. The van der Waals surface area contributed by atoms with E-state index in [1.54, 1.807) is 0 Å². The topological polar surface area (TPSA) is 12.0 Å². The third kappa shape index (κ3) is 5.73. The molecule has 1 atom stereocenters. The number of aryl methyl sites for hydroxylation is 2. The Bertz CT molecular complexity index is 501. The fraction of sp³-hybridized carbons (Fsp3) is 0.400. The Morgan fingerprint density at radius 2 is 1.62 bits per heavy atom. The van der Waals surface area contributed by atoms with Crippen LogP contribution < -0.4 is 5.32 Å². The monoisotopic (exact) mass is 281 g/mol. The van der Waals surface area contributed by atoms with Gasteiger partial charge in [-0.15, -0.1) is 0 Å². The van der Waals surface area contributed by atoms with Crippen LogP contribution in [-0.4, -0.2) is 13.6 Å². The molecule has 2 aromatic carbocycles. The second-order valence-electron chi connectivity index (χ2n) is 5.99. The fourth-order valence-corrected chi connectivity index (χ4v) is 2.86. The van der Waals surface area contributed by atoms with Gasteiger partial charge >= 0.3 is 0 Å². The van der Waals surface area contributed by atoms with E-state index in [-0.39, 0.29) is 0 Å². The van der Waals surface area contributed by atoms with Gasteiger partial charge in [0, 0.05) is 0 Å². The van der Waals surface area contributed by atoms with E-state index in [4.69, 9.17) is 0 Å². The molecule has 0 bridgehead atoms. The van der Waals surface area contributed by atoms with Crippen LogP contribution in [0.2, 0.25) is 0 Å². The SMILES string of the molecule is CNCC(CCCc1ccccc1)Cc1ccc(C)cc1. The molecule has 1 nitrogen and oxygen atoms in total. The van der Waals surface area contributed by atoms with Crippen LogP contribution in [0, 0.1) is 12.8 Å². The molecule has 0 spiro atoms. The van der Waals surface area contributed by atoms with Gasteiger partial charge in [-0.05, 0) is 63.2 Å². The molecule has 1 N–H and O–H groups in total. The van der Waals surface area contributed by atoms with Gasteiger partial charge in [0.2, 0.25) is 0 Å². The molecule has 0 aliphatic rings. The van der Waals surface area contributed by atoms with E-state index < -0.39 is 0 Å². The van der Waals surface area contributed by atoms with Gasteiger partial charge < -0.3 is 5.32 Å². The molecule has 1 heteroatoms. The van der Waals surface area contributed by atoms with E-state index in [0.717, 1.165) is 12.5 Å². The first-order valence-electron chi connectivity index (χ1n) is 8.02. The molecule has 0 heterocycles. The molecule has 0 saturated carbocycles. The van der Waals surface area contributed by atoms with Crippen LogP contribution in [-0.2, 0) is 12.8 Å². The maximum atomic E-state index is 3.35. The zero-order valence-electron chi connectivity index (χ0n) is 13.3. The van der Waals surface area contributed by atoms with Crippen LogP contribution in [0.25, 0.3) is 0 Å². The molecule has 21 heavy (non-hydrogen) atoms. The second-order valence-corrected chi connectivity index (χ2v) is 5.99. The maximum absolute atomic E-state index is 3.35. The first kappa shape index (κ1) is 15.8. The third-order valence-electron chi connectivity index (χ3n) is 4.06. The standard InChI is InChI=1S/C20H27N/c1-17-11-13-19(14-12-17)15-20(16-21-2)10-6-9-18-7-4-3-5-8-18/h3-5,7-8,11-14,20-21H,6,9-10,15-16H2,1-2H3. The van der Waals surface area contributed by atoms with Crippen LogP contribution >= 0.6 is 0 Å². The van der Waals surface area contributed by atoms with Crippen molar-refractivity contribution in [3.8, 4) is 0 Å². The third-order valence-corrected chi connectivity index (χ3v) is 4.06. The quantitative estimate of drug-likeness (QED) is 0.756. The zero-order chi connectivity index (χ0) is 14.9. The minimum Gasteiger partial charge on any atom is -0.319 e. The largest absolute Gasteiger partial charge is 0.319 e. The summed E-state index contributed by atoms with van der Waals surface area (Å²) in [6.45, 7) is 3.25. The highest BCUT2D eigenvalue weighted by Gasteiger charge is 2.09. The van der Waals surface area contributed by atoms with Crippen molar-refractivity contribution in [2.24, 2.45) is 5.92 Å². The molecule has 0 aromatic heterocycles. The zero-order valence-corrected chi connectivity index (χ0v) is 13.3. The Kier molecular flexibility index (Phi) is 6.49. The minimum atomic E-state index is 0.724. The molecular formula is C20H27N. The molecule has 0 aliphatic heterocycles. The summed E-state index contributed by atoms with van der Waals surface area (Å²) in [6, 6.07) is 19.8. The van der Waals surface area contributed by atoms with Crippen LogP contribution in [0.15, 0.2) is 54.6 Å². The van der Waals surface area contributed by atoms with Crippen molar-refractivity contribution >= 4 is 0 Å². The Hall–Kier alpha value is -1.60. The Labute approximate surface area is 129 Å². The lowest BCUT2D eigenvalue weighted by Crippen LogP contribution is -2.21. The average Bonchev–Trinajstić information content (AvgIpc) is 2.51. The minimum absolute atomic E-state index is 0.724. The summed E-state index contributed by atoms with van der Waals surface area (Å²) in [6.07, 6.45) is 4.91. The highest BCUT2D eigenvalue weighted by atomic mass is 14.8. The number of rotatable bonds is 8. The van der Waals surface area contributed by atoms with Gasteiger partial charge in [0.15, 0.2) is 0 Å². The van der Waals surface area contributed by atoms with E-state index in [2.05, 4.69) is 73.9 Å². The fourth-order valence-electron chi connectivity index (χ4n) is 2.86. The molecule has 1 unspecified atom stereocenters. The van der Waals surface area contributed by atoms with Crippen molar-refractivity contribution in [3.05, 3.63) is 71.3 Å². The summed E-state index contributed by atoms with van der Waals surface area (Å²) in [7, 11) is 2.05. The van der Waals surface area contributed by atoms with Crippen LogP contribution in [0.5, 0.6) is 0 Å². The van der Waals surface area contributed by atoms with Gasteiger partial charge in [-0.3, -0.25) is 0 Å². The van der Waals surface area contributed by atoms with Crippen molar-refractivity contribution in [3.63, 3.8) is 0 Å². The van der Waals surface area contributed by atoms with Gasteiger partial charge in [0.1, 0.15) is 0 Å². The van der Waals surface area contributed by atoms with Gasteiger partial charge in [-0.2, -0.15) is 0 Å². The molecule has 0 aliphatic carbocycles. The van der Waals surface area contributed by atoms with Crippen LogP contribution in [0.3, 0.4) is 0 Å². The van der Waals surface area contributed by atoms with Crippen LogP contribution in [0.1, 0.15) is 29.5 Å². The molecule has 0 fully saturated rings. The Morgan fingerprint density at radius 1 is 0.905 bits per heavy atom. The predicted molar refractivity (Wildman–Crippen MR) is 91.7 cm³/mol. The maximum Gasteiger partial charge on any atom is -0.00203 e. The summed E-state index contributed by atoms with van der Waals surface area (Å²) in [5.41, 5.74) is 4.25. The Morgan fingerprint density at radius 3 is 2.29 bits per heavy atom. The summed E-state index contributed by atoms with van der Waals surface area (Å²) in [5, 5.41) is 3.35. The summed E-state index contributed by atoms with van der Waals surface area (Å²) in [4.78, 5) is 0. The molecular weight excluding hydrogens is 254 g/mol. The lowest BCUT2D eigenvalue weighted by atomic mass is 9.92. The predicted octanol–water partition coefficient (Wildman–Crippen LogP) is 4.40. The number of benzene rings is 2. The molecule has 112 valence electrons. The lowest BCUT2D eigenvalue weighted by Gasteiger charge is -2.17. The Balaban J connectivity index is 1.82. The molecule has 2 aromatic rings. The van der Waals surface area contributed by atoms with Crippen molar-refractivity contribution in [1.29, 1.82) is 0 Å². The van der Waals surface area contributed by atoms with E-state index >= 15 is 0 Å². The first-order chi connectivity index (χ1) is 10.3. The average molecular weight is 281 g/mol. The highest BCUT2D eigenvalue weighted by Crippen LogP contribution is 2.16. The molecule has 0 radical (unpaired) electrons. The lowest BCUT2D eigenvalue weighted by molar-refractivity contribution is 0.447. The van der Waals surface area contributed by atoms with Crippen LogP contribution in [0.4, 0.5) is 0 Å². The van der Waals surface area contributed by atoms with E-state index in [9.17, 15) is 0 Å². The van der Waals surface area contributed by atoms with Crippen molar-refractivity contribution in [2.75, 3.05) is 13.6 Å². The number of hydrogen-bond acceptors (Lipinski definition) is 1.